The average Bonchev–Trinajstić information content (AvgIpc) is 2.31. The van der Waals surface area contributed by atoms with Crippen LogP contribution < -0.4 is 5.32 Å². The van der Waals surface area contributed by atoms with Crippen LogP contribution in [0.2, 0.25) is 0 Å². The lowest BCUT2D eigenvalue weighted by Gasteiger charge is -2.41. The molecule has 0 bridgehead atoms. The van der Waals surface area contributed by atoms with Gasteiger partial charge in [-0.3, -0.25) is 0 Å². The summed E-state index contributed by atoms with van der Waals surface area (Å²) < 4.78 is 28.0. The van der Waals surface area contributed by atoms with Crippen LogP contribution in [0.3, 0.4) is 0 Å². The summed E-state index contributed by atoms with van der Waals surface area (Å²) >= 11 is 3.40. The van der Waals surface area contributed by atoms with Crippen molar-refractivity contribution in [2.45, 2.75) is 31.2 Å². The minimum atomic E-state index is -3.44. The highest BCUT2D eigenvalue weighted by atomic mass is 79.9. The molecule has 1 heterocycles. The maximum Gasteiger partial charge on any atom is 0.243 e. The van der Waals surface area contributed by atoms with E-state index >= 15 is 0 Å². The lowest BCUT2D eigenvalue weighted by atomic mass is 10.0. The van der Waals surface area contributed by atoms with Crippen LogP contribution in [0.4, 0.5) is 0 Å². The van der Waals surface area contributed by atoms with Crippen molar-refractivity contribution in [2.24, 2.45) is 0 Å². The van der Waals surface area contributed by atoms with Crippen LogP contribution in [-0.2, 0) is 10.0 Å². The molecule has 1 aliphatic heterocycles. The van der Waals surface area contributed by atoms with Gasteiger partial charge >= 0.3 is 0 Å². The molecule has 0 atom stereocenters. The van der Waals surface area contributed by atoms with Crippen molar-refractivity contribution < 1.29 is 8.42 Å². The van der Waals surface area contributed by atoms with E-state index in [0.29, 0.717) is 24.5 Å². The number of sulfonamides is 1. The zero-order valence-electron chi connectivity index (χ0n) is 11.4. The summed E-state index contributed by atoms with van der Waals surface area (Å²) in [5, 5.41) is 3.24. The van der Waals surface area contributed by atoms with Crippen molar-refractivity contribution in [3.63, 3.8) is 0 Å². The van der Waals surface area contributed by atoms with E-state index in [-0.39, 0.29) is 0 Å². The summed E-state index contributed by atoms with van der Waals surface area (Å²) in [5.74, 6) is 0. The van der Waals surface area contributed by atoms with Crippen molar-refractivity contribution in [2.75, 3.05) is 19.6 Å². The molecule has 6 heteroatoms. The highest BCUT2D eigenvalue weighted by molar-refractivity contribution is 9.10. The maximum absolute atomic E-state index is 12.7. The molecule has 1 aliphatic rings. The SMILES string of the molecule is Cc1cc(S(=O)(=O)N2CCNCC2(C)C)ccc1Br. The molecule has 1 saturated heterocycles. The van der Waals surface area contributed by atoms with Crippen LogP contribution in [0.25, 0.3) is 0 Å². The number of aryl methyl sites for hydroxylation is 1. The van der Waals surface area contributed by atoms with Crippen LogP contribution in [0.1, 0.15) is 19.4 Å². The molecule has 0 radical (unpaired) electrons. The van der Waals surface area contributed by atoms with Gasteiger partial charge in [-0.05, 0) is 44.5 Å². The monoisotopic (exact) mass is 346 g/mol. The second-order valence-electron chi connectivity index (χ2n) is 5.48. The van der Waals surface area contributed by atoms with Gasteiger partial charge in [0.05, 0.1) is 4.90 Å². The molecule has 0 saturated carbocycles. The van der Waals surface area contributed by atoms with Gasteiger partial charge in [0.2, 0.25) is 10.0 Å². The molecule has 4 nitrogen and oxygen atoms in total. The Kier molecular flexibility index (Phi) is 4.07. The molecule has 0 aromatic heterocycles. The Labute approximate surface area is 123 Å². The van der Waals surface area contributed by atoms with E-state index in [1.807, 2.05) is 20.8 Å². The predicted octanol–water partition coefficient (Wildman–Crippen LogP) is 2.13. The summed E-state index contributed by atoms with van der Waals surface area (Å²) in [5.41, 5.74) is 0.520. The molecule has 1 aromatic carbocycles. The lowest BCUT2D eigenvalue weighted by Crippen LogP contribution is -2.59. The molecule has 0 aliphatic carbocycles. The molecule has 1 N–H and O–H groups in total. The van der Waals surface area contributed by atoms with Gasteiger partial charge in [-0.25, -0.2) is 8.42 Å². The zero-order chi connectivity index (χ0) is 14.3. The largest absolute Gasteiger partial charge is 0.314 e. The lowest BCUT2D eigenvalue weighted by molar-refractivity contribution is 0.186. The Morgan fingerprint density at radius 3 is 2.63 bits per heavy atom. The summed E-state index contributed by atoms with van der Waals surface area (Å²) in [6.45, 7) is 7.65. The van der Waals surface area contributed by atoms with Crippen LogP contribution in [0.5, 0.6) is 0 Å². The van der Waals surface area contributed by atoms with Gasteiger partial charge in [0.15, 0.2) is 0 Å². The minimum Gasteiger partial charge on any atom is -0.314 e. The van der Waals surface area contributed by atoms with Crippen LogP contribution in [-0.4, -0.2) is 37.9 Å². The van der Waals surface area contributed by atoms with Crippen molar-refractivity contribution in [3.8, 4) is 0 Å². The summed E-state index contributed by atoms with van der Waals surface area (Å²) in [6, 6.07) is 5.17. The molecule has 106 valence electrons. The van der Waals surface area contributed by atoms with Gasteiger partial charge in [-0.1, -0.05) is 15.9 Å². The first-order valence-corrected chi connectivity index (χ1v) is 8.48. The van der Waals surface area contributed by atoms with Gasteiger partial charge in [0.1, 0.15) is 0 Å². The Balaban J connectivity index is 2.44. The van der Waals surface area contributed by atoms with Crippen LogP contribution in [0, 0.1) is 6.92 Å². The van der Waals surface area contributed by atoms with Crippen molar-refractivity contribution in [1.29, 1.82) is 0 Å². The van der Waals surface area contributed by atoms with E-state index in [1.165, 1.54) is 0 Å². The Morgan fingerprint density at radius 1 is 1.37 bits per heavy atom. The molecule has 2 rings (SSSR count). The predicted molar refractivity (Wildman–Crippen MR) is 79.7 cm³/mol. The quantitative estimate of drug-likeness (QED) is 0.892. The first-order chi connectivity index (χ1) is 8.75. The highest BCUT2D eigenvalue weighted by Crippen LogP contribution is 2.28. The van der Waals surface area contributed by atoms with Gasteiger partial charge in [0.25, 0.3) is 0 Å². The molecule has 0 spiro atoms. The van der Waals surface area contributed by atoms with Crippen LogP contribution in [0.15, 0.2) is 27.6 Å². The highest BCUT2D eigenvalue weighted by Gasteiger charge is 2.38. The van der Waals surface area contributed by atoms with Gasteiger partial charge in [-0.2, -0.15) is 4.31 Å². The first-order valence-electron chi connectivity index (χ1n) is 6.25. The van der Waals surface area contributed by atoms with Gasteiger partial charge in [0, 0.05) is 29.6 Å². The fraction of sp³-hybridized carbons (Fsp3) is 0.538. The van der Waals surface area contributed by atoms with E-state index in [9.17, 15) is 8.42 Å². The summed E-state index contributed by atoms with van der Waals surface area (Å²) in [6.07, 6.45) is 0. The van der Waals surface area contributed by atoms with Crippen LogP contribution >= 0.6 is 15.9 Å². The maximum atomic E-state index is 12.7. The standard InChI is InChI=1S/C13H19BrN2O2S/c1-10-8-11(4-5-12(10)14)19(17,18)16-7-6-15-9-13(16,2)3/h4-5,8,15H,6-7,9H2,1-3H3. The Bertz CT molecular complexity index is 584. The Hall–Kier alpha value is -0.430. The van der Waals surface area contributed by atoms with Crippen molar-refractivity contribution in [1.82, 2.24) is 9.62 Å². The number of benzene rings is 1. The first kappa shape index (κ1) is 15.0. The summed E-state index contributed by atoms with van der Waals surface area (Å²) in [7, 11) is -3.44. The molecular weight excluding hydrogens is 328 g/mol. The van der Waals surface area contributed by atoms with E-state index < -0.39 is 15.6 Å². The summed E-state index contributed by atoms with van der Waals surface area (Å²) in [4.78, 5) is 0.364. The van der Waals surface area contributed by atoms with Gasteiger partial charge in [-0.15, -0.1) is 0 Å². The second kappa shape index (κ2) is 5.16. The van der Waals surface area contributed by atoms with Crippen molar-refractivity contribution in [3.05, 3.63) is 28.2 Å². The number of halogens is 1. The van der Waals surface area contributed by atoms with E-state index in [0.717, 1.165) is 10.0 Å². The number of nitrogens with one attached hydrogen (secondary N) is 1. The minimum absolute atomic E-state index is 0.364. The fourth-order valence-corrected chi connectivity index (χ4v) is 4.43. The van der Waals surface area contributed by atoms with E-state index in [4.69, 9.17) is 0 Å². The number of hydrogen-bond acceptors (Lipinski definition) is 3. The molecular formula is C13H19BrN2O2S. The fourth-order valence-electron chi connectivity index (χ4n) is 2.32. The average molecular weight is 347 g/mol. The topological polar surface area (TPSA) is 49.4 Å². The third-order valence-corrected chi connectivity index (χ3v) is 6.44. The van der Waals surface area contributed by atoms with Gasteiger partial charge < -0.3 is 5.32 Å². The smallest absolute Gasteiger partial charge is 0.243 e. The molecule has 1 fully saturated rings. The zero-order valence-corrected chi connectivity index (χ0v) is 13.8. The number of nitrogens with zero attached hydrogens (tertiary/aromatic N) is 1. The third kappa shape index (κ3) is 2.86. The van der Waals surface area contributed by atoms with E-state index in [1.54, 1.807) is 22.5 Å². The number of rotatable bonds is 2. The molecule has 0 amide bonds. The molecule has 1 aromatic rings. The third-order valence-electron chi connectivity index (χ3n) is 3.44. The Morgan fingerprint density at radius 2 is 2.05 bits per heavy atom. The van der Waals surface area contributed by atoms with E-state index in [2.05, 4.69) is 21.2 Å². The second-order valence-corrected chi connectivity index (χ2v) is 8.19. The number of piperazine rings is 1. The normalized spacial score (nSPS) is 20.4. The number of hydrogen-bond donors (Lipinski definition) is 1. The molecule has 19 heavy (non-hydrogen) atoms. The molecule has 0 unspecified atom stereocenters. The van der Waals surface area contributed by atoms with Crippen molar-refractivity contribution >= 4 is 26.0 Å².